The molecule has 150 valence electrons. The van der Waals surface area contributed by atoms with Gasteiger partial charge in [-0.15, -0.1) is 11.3 Å². The predicted molar refractivity (Wildman–Crippen MR) is 103 cm³/mol. The number of amides is 1. The molecule has 0 aliphatic heterocycles. The molecule has 1 aromatic heterocycles. The Balaban J connectivity index is 1.64. The Morgan fingerprint density at radius 1 is 1.25 bits per heavy atom. The number of fused-ring (bicyclic) bond motifs is 3. The van der Waals surface area contributed by atoms with Crippen molar-refractivity contribution >= 4 is 34.2 Å². The number of esters is 1. The van der Waals surface area contributed by atoms with Crippen molar-refractivity contribution in [3.05, 3.63) is 28.2 Å². The summed E-state index contributed by atoms with van der Waals surface area (Å²) >= 11 is 1.42. The summed E-state index contributed by atoms with van der Waals surface area (Å²) in [5.41, 5.74) is 1.42. The van der Waals surface area contributed by atoms with Crippen LogP contribution in [0.2, 0.25) is 0 Å². The van der Waals surface area contributed by atoms with Crippen molar-refractivity contribution < 1.29 is 24.2 Å². The lowest BCUT2D eigenvalue weighted by Gasteiger charge is -2.27. The van der Waals surface area contributed by atoms with Crippen LogP contribution in [0.15, 0.2) is 12.2 Å². The Bertz CT molecular complexity index is 857. The first-order valence-electron chi connectivity index (χ1n) is 9.92. The molecule has 2 bridgehead atoms. The number of ether oxygens (including phenoxy) is 1. The van der Waals surface area contributed by atoms with Crippen LogP contribution in [0.4, 0.5) is 5.00 Å². The number of carboxylic acid groups (broad SMARTS) is 1. The van der Waals surface area contributed by atoms with Crippen LogP contribution in [0, 0.1) is 29.6 Å². The van der Waals surface area contributed by atoms with Gasteiger partial charge in [0, 0.05) is 16.8 Å². The summed E-state index contributed by atoms with van der Waals surface area (Å²) in [7, 11) is 0. The van der Waals surface area contributed by atoms with E-state index in [4.69, 9.17) is 4.74 Å². The maximum atomic E-state index is 13.0. The van der Waals surface area contributed by atoms with Crippen LogP contribution in [-0.4, -0.2) is 24.5 Å². The smallest absolute Gasteiger partial charge is 0.341 e. The van der Waals surface area contributed by atoms with Crippen molar-refractivity contribution in [1.82, 2.24) is 0 Å². The Labute approximate surface area is 168 Å². The maximum Gasteiger partial charge on any atom is 0.341 e. The first-order valence-corrected chi connectivity index (χ1v) is 10.7. The van der Waals surface area contributed by atoms with E-state index >= 15 is 0 Å². The summed E-state index contributed by atoms with van der Waals surface area (Å²) in [4.78, 5) is 38.4. The normalized spacial score (nSPS) is 30.1. The Hall–Kier alpha value is -2.15. The lowest BCUT2D eigenvalue weighted by Crippen LogP contribution is -2.42. The van der Waals surface area contributed by atoms with Gasteiger partial charge < -0.3 is 20.0 Å². The number of aliphatic carboxylic acids is 1. The molecule has 1 saturated carbocycles. The second-order valence-corrected chi connectivity index (χ2v) is 9.19. The van der Waals surface area contributed by atoms with Crippen molar-refractivity contribution in [1.29, 1.82) is 0 Å². The van der Waals surface area contributed by atoms with Crippen molar-refractivity contribution in [2.24, 2.45) is 29.6 Å². The first kappa shape index (κ1) is 19.2. The van der Waals surface area contributed by atoms with Crippen LogP contribution in [0.3, 0.4) is 0 Å². The number of hydrogen-bond acceptors (Lipinski definition) is 6. The fourth-order valence-corrected chi connectivity index (χ4v) is 6.20. The van der Waals surface area contributed by atoms with Crippen LogP contribution >= 0.6 is 11.3 Å². The van der Waals surface area contributed by atoms with Gasteiger partial charge in [-0.1, -0.05) is 19.1 Å². The van der Waals surface area contributed by atoms with Gasteiger partial charge in [0.2, 0.25) is 5.91 Å². The largest absolute Gasteiger partial charge is 0.550 e. The molecule has 7 heteroatoms. The molecule has 0 spiro atoms. The number of anilines is 1. The Morgan fingerprint density at radius 3 is 2.64 bits per heavy atom. The highest BCUT2D eigenvalue weighted by atomic mass is 32.1. The van der Waals surface area contributed by atoms with E-state index in [0.29, 0.717) is 22.9 Å². The molecule has 1 N–H and O–H groups in total. The van der Waals surface area contributed by atoms with Gasteiger partial charge in [0.25, 0.3) is 0 Å². The van der Waals surface area contributed by atoms with Gasteiger partial charge in [0.15, 0.2) is 0 Å². The van der Waals surface area contributed by atoms with Gasteiger partial charge >= 0.3 is 5.97 Å². The minimum atomic E-state index is -1.18. The SMILES string of the molecule is CCOC(=O)c1c(NC(=O)[C@H]2[C@@H](C(=O)[O-])[C@@H]3C=C[C@@H]2C3)sc2c1C[C@@H](C)CC2. The molecule has 1 heterocycles. The number of nitrogens with one attached hydrogen (secondary N) is 1. The predicted octanol–water partition coefficient (Wildman–Crippen LogP) is 2.18. The highest BCUT2D eigenvalue weighted by Crippen LogP contribution is 2.49. The second-order valence-electron chi connectivity index (χ2n) is 8.08. The number of aryl methyl sites for hydroxylation is 1. The van der Waals surface area contributed by atoms with Crippen LogP contribution in [0.1, 0.15) is 47.5 Å². The average molecular weight is 402 g/mol. The molecule has 1 fully saturated rings. The van der Waals surface area contributed by atoms with Crippen LogP contribution in [0.25, 0.3) is 0 Å². The molecule has 3 aliphatic carbocycles. The number of carboxylic acids is 1. The molecule has 0 aromatic carbocycles. The Kier molecular flexibility index (Phi) is 5.04. The zero-order valence-electron chi connectivity index (χ0n) is 16.0. The van der Waals surface area contributed by atoms with E-state index in [1.54, 1.807) is 6.92 Å². The lowest BCUT2D eigenvalue weighted by molar-refractivity contribution is -0.313. The van der Waals surface area contributed by atoms with Crippen molar-refractivity contribution in [3.63, 3.8) is 0 Å². The molecule has 5 atom stereocenters. The monoisotopic (exact) mass is 402 g/mol. The average Bonchev–Trinajstić information content (AvgIpc) is 3.33. The third kappa shape index (κ3) is 3.15. The topological polar surface area (TPSA) is 95.5 Å². The van der Waals surface area contributed by atoms with Crippen LogP contribution in [-0.2, 0) is 27.2 Å². The maximum absolute atomic E-state index is 13.0. The molecular weight excluding hydrogens is 378 g/mol. The van der Waals surface area contributed by atoms with E-state index in [1.165, 1.54) is 11.3 Å². The van der Waals surface area contributed by atoms with E-state index < -0.39 is 23.8 Å². The van der Waals surface area contributed by atoms with Crippen molar-refractivity contribution in [2.75, 3.05) is 11.9 Å². The van der Waals surface area contributed by atoms with E-state index in [2.05, 4.69) is 12.2 Å². The highest BCUT2D eigenvalue weighted by Gasteiger charge is 2.49. The van der Waals surface area contributed by atoms with E-state index in [9.17, 15) is 19.5 Å². The van der Waals surface area contributed by atoms with E-state index in [1.807, 2.05) is 12.2 Å². The summed E-state index contributed by atoms with van der Waals surface area (Å²) in [6.07, 6.45) is 7.19. The molecule has 3 aliphatic rings. The molecule has 0 radical (unpaired) electrons. The number of rotatable bonds is 5. The fraction of sp³-hybridized carbons (Fsp3) is 0.571. The molecule has 1 amide bonds. The summed E-state index contributed by atoms with van der Waals surface area (Å²) in [6.45, 7) is 4.17. The highest BCUT2D eigenvalue weighted by molar-refractivity contribution is 7.17. The Morgan fingerprint density at radius 2 is 1.96 bits per heavy atom. The van der Waals surface area contributed by atoms with Crippen LogP contribution < -0.4 is 10.4 Å². The van der Waals surface area contributed by atoms with Gasteiger partial charge in [-0.25, -0.2) is 4.79 Å². The molecule has 4 rings (SSSR count). The summed E-state index contributed by atoms with van der Waals surface area (Å²) in [5, 5.41) is 15.0. The first-order chi connectivity index (χ1) is 13.4. The third-order valence-corrected chi connectivity index (χ3v) is 7.47. The second kappa shape index (κ2) is 7.35. The summed E-state index contributed by atoms with van der Waals surface area (Å²) < 4.78 is 5.25. The van der Waals surface area contributed by atoms with Gasteiger partial charge in [0.1, 0.15) is 5.00 Å². The minimum Gasteiger partial charge on any atom is -0.550 e. The molecular formula is C21H24NO5S-. The molecule has 0 saturated heterocycles. The van der Waals surface area contributed by atoms with Gasteiger partial charge in [0.05, 0.1) is 18.1 Å². The van der Waals surface area contributed by atoms with Gasteiger partial charge in [-0.2, -0.15) is 0 Å². The minimum absolute atomic E-state index is 0.0893. The summed E-state index contributed by atoms with van der Waals surface area (Å²) in [5.74, 6) is -3.18. The van der Waals surface area contributed by atoms with Gasteiger partial charge in [-0.3, -0.25) is 4.79 Å². The molecule has 28 heavy (non-hydrogen) atoms. The zero-order chi connectivity index (χ0) is 20.0. The molecule has 6 nitrogen and oxygen atoms in total. The lowest BCUT2D eigenvalue weighted by atomic mass is 9.82. The number of hydrogen-bond donors (Lipinski definition) is 1. The van der Waals surface area contributed by atoms with Crippen molar-refractivity contribution in [2.45, 2.75) is 39.5 Å². The number of carbonyl (C=O) groups is 3. The number of thiophene rings is 1. The fourth-order valence-electron chi connectivity index (χ4n) is 4.96. The van der Waals surface area contributed by atoms with Crippen LogP contribution in [0.5, 0.6) is 0 Å². The standard InChI is InChI=1S/C21H25NO5S/c1-3-27-21(26)17-13-8-10(2)4-7-14(13)28-19(17)22-18(23)15-11-5-6-12(9-11)16(15)20(24)25/h5-6,10-12,15-16H,3-4,7-9H2,1-2H3,(H,22,23)(H,24,25)/p-1/t10-,11+,12+,15+,16-/m0/s1. The van der Waals surface area contributed by atoms with E-state index in [-0.39, 0.29) is 24.3 Å². The quantitative estimate of drug-likeness (QED) is 0.602. The number of carbonyl (C=O) groups excluding carboxylic acids is 3. The van der Waals surface area contributed by atoms with E-state index in [0.717, 1.165) is 29.7 Å². The zero-order valence-corrected chi connectivity index (χ0v) is 16.8. The van der Waals surface area contributed by atoms with Gasteiger partial charge in [-0.05, 0) is 55.9 Å². The summed E-state index contributed by atoms with van der Waals surface area (Å²) in [6, 6.07) is 0. The molecule has 1 aromatic rings. The van der Waals surface area contributed by atoms with Crippen molar-refractivity contribution in [3.8, 4) is 0 Å². The third-order valence-electron chi connectivity index (χ3n) is 6.26. The molecule has 0 unspecified atom stereocenters. The number of allylic oxidation sites excluding steroid dienone is 2.